The molecule has 0 radical (unpaired) electrons. The van der Waals surface area contributed by atoms with E-state index in [-0.39, 0.29) is 5.60 Å². The van der Waals surface area contributed by atoms with Crippen molar-refractivity contribution in [1.29, 1.82) is 0 Å². The lowest BCUT2D eigenvalue weighted by Crippen LogP contribution is -2.57. The third-order valence-corrected chi connectivity index (χ3v) is 6.71. The van der Waals surface area contributed by atoms with Gasteiger partial charge < -0.3 is 9.57 Å². The van der Waals surface area contributed by atoms with Crippen LogP contribution < -0.4 is 4.74 Å². The van der Waals surface area contributed by atoms with Crippen molar-refractivity contribution >= 4 is 5.71 Å². The van der Waals surface area contributed by atoms with Crippen LogP contribution in [0.1, 0.15) is 44.1 Å². The molecule has 1 heterocycles. The van der Waals surface area contributed by atoms with Crippen LogP contribution in [0.25, 0.3) is 0 Å². The molecule has 4 aliphatic carbocycles. The number of hydrogen-bond donors (Lipinski definition) is 0. The smallest absolute Gasteiger partial charge is 0.149 e. The molecule has 5 aliphatic rings. The summed E-state index contributed by atoms with van der Waals surface area (Å²) >= 11 is 0. The van der Waals surface area contributed by atoms with Gasteiger partial charge in [0.2, 0.25) is 0 Å². The van der Waals surface area contributed by atoms with Gasteiger partial charge in [0.15, 0.2) is 0 Å². The van der Waals surface area contributed by atoms with E-state index < -0.39 is 0 Å². The fourth-order valence-electron chi connectivity index (χ4n) is 5.82. The Labute approximate surface area is 131 Å². The highest BCUT2D eigenvalue weighted by Gasteiger charge is 2.61. The van der Waals surface area contributed by atoms with Gasteiger partial charge in [0.05, 0.1) is 12.8 Å². The van der Waals surface area contributed by atoms with Crippen molar-refractivity contribution < 1.29 is 9.57 Å². The Morgan fingerprint density at radius 3 is 2.23 bits per heavy atom. The summed E-state index contributed by atoms with van der Waals surface area (Å²) in [6.07, 6.45) is 7.98. The monoisotopic (exact) mass is 297 g/mol. The van der Waals surface area contributed by atoms with Gasteiger partial charge >= 0.3 is 0 Å². The number of hydrogen-bond acceptors (Lipinski definition) is 3. The van der Waals surface area contributed by atoms with Crippen LogP contribution in [0.4, 0.5) is 0 Å². The average Bonchev–Trinajstić information content (AvgIpc) is 2.98. The largest absolute Gasteiger partial charge is 0.497 e. The van der Waals surface area contributed by atoms with Crippen molar-refractivity contribution in [3.63, 3.8) is 0 Å². The Morgan fingerprint density at radius 1 is 1.00 bits per heavy atom. The predicted octanol–water partition coefficient (Wildman–Crippen LogP) is 4.01. The number of ether oxygens (including phenoxy) is 1. The predicted molar refractivity (Wildman–Crippen MR) is 85.0 cm³/mol. The van der Waals surface area contributed by atoms with E-state index in [1.54, 1.807) is 7.11 Å². The molecule has 3 nitrogen and oxygen atoms in total. The second kappa shape index (κ2) is 4.50. The summed E-state index contributed by atoms with van der Waals surface area (Å²) in [7, 11) is 1.70. The molecular weight excluding hydrogens is 274 g/mol. The van der Waals surface area contributed by atoms with Crippen LogP contribution in [0.15, 0.2) is 29.4 Å². The molecule has 1 spiro atoms. The third kappa shape index (κ3) is 1.71. The van der Waals surface area contributed by atoms with Crippen molar-refractivity contribution in [1.82, 2.24) is 0 Å². The molecule has 0 amide bonds. The van der Waals surface area contributed by atoms with Crippen LogP contribution in [-0.2, 0) is 4.84 Å². The summed E-state index contributed by atoms with van der Waals surface area (Å²) < 4.78 is 5.25. The second-order valence-electron chi connectivity index (χ2n) is 7.79. The Kier molecular flexibility index (Phi) is 2.65. The number of nitrogens with zero attached hydrogens (tertiary/aromatic N) is 1. The lowest BCUT2D eigenvalue weighted by molar-refractivity contribution is -0.190. The van der Waals surface area contributed by atoms with Crippen molar-refractivity contribution in [3.8, 4) is 5.75 Å². The molecule has 0 aromatic heterocycles. The van der Waals surface area contributed by atoms with Crippen LogP contribution in [0.3, 0.4) is 0 Å². The number of benzene rings is 1. The van der Waals surface area contributed by atoms with E-state index in [9.17, 15) is 0 Å². The molecular formula is C19H23NO2. The van der Waals surface area contributed by atoms with Gasteiger partial charge in [0.1, 0.15) is 11.4 Å². The number of oxime groups is 1. The molecule has 6 rings (SSSR count). The van der Waals surface area contributed by atoms with Crippen LogP contribution in [0.2, 0.25) is 0 Å². The van der Waals surface area contributed by atoms with Gasteiger partial charge in [0.25, 0.3) is 0 Å². The van der Waals surface area contributed by atoms with Crippen LogP contribution in [0.5, 0.6) is 5.75 Å². The SMILES string of the molecule is COc1ccc(C2=NOC3(C2)C2CC4CC(C2)CC3C4)cc1. The zero-order chi connectivity index (χ0) is 14.7. The number of methoxy groups -OCH3 is 1. The molecule has 116 valence electrons. The number of rotatable bonds is 2. The van der Waals surface area contributed by atoms with Crippen molar-refractivity contribution in [2.24, 2.45) is 28.8 Å². The molecule has 0 saturated heterocycles. The summed E-state index contributed by atoms with van der Waals surface area (Å²) in [5.74, 6) is 4.32. The summed E-state index contributed by atoms with van der Waals surface area (Å²) in [6, 6.07) is 8.24. The van der Waals surface area contributed by atoms with Crippen LogP contribution in [-0.4, -0.2) is 18.4 Å². The fourth-order valence-corrected chi connectivity index (χ4v) is 5.82. The molecule has 0 unspecified atom stereocenters. The normalized spacial score (nSPS) is 41.6. The van der Waals surface area contributed by atoms with Crippen molar-refractivity contribution in [3.05, 3.63) is 29.8 Å². The van der Waals surface area contributed by atoms with Crippen molar-refractivity contribution in [2.75, 3.05) is 7.11 Å². The molecule has 4 saturated carbocycles. The first-order valence-corrected chi connectivity index (χ1v) is 8.66. The highest BCUT2D eigenvalue weighted by atomic mass is 16.7. The topological polar surface area (TPSA) is 30.8 Å². The van der Waals surface area contributed by atoms with E-state index in [2.05, 4.69) is 17.3 Å². The van der Waals surface area contributed by atoms with E-state index in [1.165, 1.54) is 37.7 Å². The molecule has 0 N–H and O–H groups in total. The molecule has 1 aliphatic heterocycles. The van der Waals surface area contributed by atoms with Gasteiger partial charge in [-0.3, -0.25) is 0 Å². The maximum atomic E-state index is 6.20. The molecule has 4 fully saturated rings. The summed E-state index contributed by atoms with van der Waals surface area (Å²) in [5, 5.41) is 4.54. The van der Waals surface area contributed by atoms with Gasteiger partial charge in [-0.15, -0.1) is 0 Å². The van der Waals surface area contributed by atoms with E-state index >= 15 is 0 Å². The molecule has 4 bridgehead atoms. The van der Waals surface area contributed by atoms with E-state index in [0.29, 0.717) is 0 Å². The Morgan fingerprint density at radius 2 is 1.64 bits per heavy atom. The van der Waals surface area contributed by atoms with Gasteiger partial charge in [-0.05, 0) is 73.8 Å². The van der Waals surface area contributed by atoms with Crippen LogP contribution in [0, 0.1) is 23.7 Å². The second-order valence-corrected chi connectivity index (χ2v) is 7.79. The Hall–Kier alpha value is -1.51. The Balaban J connectivity index is 1.41. The minimum atomic E-state index is 0.0304. The first-order valence-electron chi connectivity index (χ1n) is 8.66. The van der Waals surface area contributed by atoms with E-state index in [0.717, 1.165) is 41.6 Å². The molecule has 22 heavy (non-hydrogen) atoms. The van der Waals surface area contributed by atoms with E-state index in [4.69, 9.17) is 9.57 Å². The highest BCUT2D eigenvalue weighted by Crippen LogP contribution is 2.62. The minimum Gasteiger partial charge on any atom is -0.497 e. The maximum absolute atomic E-state index is 6.20. The average molecular weight is 297 g/mol. The minimum absolute atomic E-state index is 0.0304. The lowest BCUT2D eigenvalue weighted by Gasteiger charge is -2.58. The zero-order valence-corrected chi connectivity index (χ0v) is 13.1. The summed E-state index contributed by atoms with van der Waals surface area (Å²) in [5.41, 5.74) is 2.35. The van der Waals surface area contributed by atoms with Gasteiger partial charge in [0, 0.05) is 18.3 Å². The maximum Gasteiger partial charge on any atom is 0.149 e. The summed E-state index contributed by atoms with van der Waals surface area (Å²) in [6.45, 7) is 0. The first kappa shape index (κ1) is 13.0. The van der Waals surface area contributed by atoms with Gasteiger partial charge in [-0.1, -0.05) is 5.16 Å². The van der Waals surface area contributed by atoms with Crippen molar-refractivity contribution in [2.45, 2.75) is 44.1 Å². The first-order chi connectivity index (χ1) is 10.8. The zero-order valence-electron chi connectivity index (χ0n) is 13.1. The molecule has 1 aromatic rings. The standard InChI is InChI=1S/C19H23NO2/c1-21-17-4-2-14(3-5-17)18-11-19(22-20-18)15-7-12-6-13(9-15)10-16(19)8-12/h2-5,12-13,15-16H,6-11H2,1H3. The molecule has 1 aromatic carbocycles. The Bertz CT molecular complexity index is 591. The van der Waals surface area contributed by atoms with Gasteiger partial charge in [-0.2, -0.15) is 0 Å². The third-order valence-electron chi connectivity index (χ3n) is 6.71. The molecule has 0 atom stereocenters. The lowest BCUT2D eigenvalue weighted by atomic mass is 9.49. The fraction of sp³-hybridized carbons (Fsp3) is 0.632. The van der Waals surface area contributed by atoms with Gasteiger partial charge in [-0.25, -0.2) is 0 Å². The van der Waals surface area contributed by atoms with E-state index in [1.807, 2.05) is 12.1 Å². The quantitative estimate of drug-likeness (QED) is 0.825. The van der Waals surface area contributed by atoms with Crippen LogP contribution >= 0.6 is 0 Å². The summed E-state index contributed by atoms with van der Waals surface area (Å²) in [4.78, 5) is 6.20. The molecule has 3 heteroatoms. The highest BCUT2D eigenvalue weighted by molar-refractivity contribution is 6.01.